The molecular weight excluding hydrogens is 248 g/mol. The molecule has 1 saturated heterocycles. The lowest BCUT2D eigenvalue weighted by Gasteiger charge is -2.39. The third kappa shape index (κ3) is 2.60. The van der Waals surface area contributed by atoms with Crippen LogP contribution < -0.4 is 10.2 Å². The lowest BCUT2D eigenvalue weighted by Crippen LogP contribution is -2.43. The first-order valence-corrected chi connectivity index (χ1v) is 8.13. The molecule has 3 rings (SSSR count). The van der Waals surface area contributed by atoms with E-state index in [1.165, 1.54) is 37.7 Å². The largest absolute Gasteiger partial charge is 0.354 e. The normalized spacial score (nSPS) is 25.6. The van der Waals surface area contributed by atoms with E-state index in [9.17, 15) is 0 Å². The lowest BCUT2D eigenvalue weighted by molar-refractivity contribution is 0.360. The van der Waals surface area contributed by atoms with Crippen LogP contribution in [-0.2, 0) is 0 Å². The van der Waals surface area contributed by atoms with E-state index in [0.29, 0.717) is 0 Å². The van der Waals surface area contributed by atoms with Gasteiger partial charge in [0.2, 0.25) is 5.95 Å². The molecule has 1 saturated carbocycles. The van der Waals surface area contributed by atoms with Gasteiger partial charge in [0.1, 0.15) is 5.82 Å². The number of hydrogen-bond donors (Lipinski definition) is 1. The van der Waals surface area contributed by atoms with Crippen molar-refractivity contribution in [1.29, 1.82) is 0 Å². The zero-order valence-electron chi connectivity index (χ0n) is 12.7. The summed E-state index contributed by atoms with van der Waals surface area (Å²) >= 11 is 0. The summed E-state index contributed by atoms with van der Waals surface area (Å²) in [5.74, 6) is 2.84. The Morgan fingerprint density at radius 1 is 1.30 bits per heavy atom. The van der Waals surface area contributed by atoms with Crippen LogP contribution in [-0.4, -0.2) is 29.1 Å². The minimum absolute atomic E-state index is 0.719. The topological polar surface area (TPSA) is 41.1 Å². The van der Waals surface area contributed by atoms with Crippen LogP contribution in [0.5, 0.6) is 0 Å². The summed E-state index contributed by atoms with van der Waals surface area (Å²) in [6, 6.07) is 0.719. The number of nitrogens with one attached hydrogen (secondary N) is 1. The second kappa shape index (κ2) is 5.98. The van der Waals surface area contributed by atoms with Crippen LogP contribution in [0.2, 0.25) is 0 Å². The molecule has 2 heterocycles. The summed E-state index contributed by atoms with van der Waals surface area (Å²) in [6.45, 7) is 6.40. The minimum atomic E-state index is 0.719. The Morgan fingerprint density at radius 3 is 3.00 bits per heavy atom. The summed E-state index contributed by atoms with van der Waals surface area (Å²) in [5.41, 5.74) is 1.21. The van der Waals surface area contributed by atoms with Crippen molar-refractivity contribution >= 4 is 11.8 Å². The Hall–Kier alpha value is -1.32. The van der Waals surface area contributed by atoms with Gasteiger partial charge in [0.25, 0.3) is 0 Å². The van der Waals surface area contributed by atoms with Crippen molar-refractivity contribution in [2.75, 3.05) is 23.3 Å². The van der Waals surface area contributed by atoms with Crippen molar-refractivity contribution in [2.24, 2.45) is 5.92 Å². The predicted octanol–water partition coefficient (Wildman–Crippen LogP) is 3.38. The zero-order valence-corrected chi connectivity index (χ0v) is 12.7. The van der Waals surface area contributed by atoms with Crippen molar-refractivity contribution in [3.8, 4) is 0 Å². The predicted molar refractivity (Wildman–Crippen MR) is 83.3 cm³/mol. The van der Waals surface area contributed by atoms with Crippen molar-refractivity contribution in [2.45, 2.75) is 58.4 Å². The number of hydrogen-bond acceptors (Lipinski definition) is 4. The van der Waals surface area contributed by atoms with E-state index >= 15 is 0 Å². The molecule has 1 N–H and O–H groups in total. The number of aromatic nitrogens is 2. The summed E-state index contributed by atoms with van der Waals surface area (Å²) in [6.07, 6.45) is 9.92. The zero-order chi connectivity index (χ0) is 13.9. The number of nitrogens with zero attached hydrogens (tertiary/aromatic N) is 3. The summed E-state index contributed by atoms with van der Waals surface area (Å²) < 4.78 is 0. The van der Waals surface area contributed by atoms with E-state index in [-0.39, 0.29) is 0 Å². The quantitative estimate of drug-likeness (QED) is 0.914. The number of anilines is 2. The van der Waals surface area contributed by atoms with Crippen molar-refractivity contribution in [3.05, 3.63) is 11.8 Å². The smallest absolute Gasteiger partial charge is 0.224 e. The second-order valence-corrected chi connectivity index (χ2v) is 6.22. The van der Waals surface area contributed by atoms with Crippen LogP contribution in [0.3, 0.4) is 0 Å². The maximum absolute atomic E-state index is 4.80. The molecule has 0 amide bonds. The third-order valence-electron chi connectivity index (χ3n) is 4.74. The van der Waals surface area contributed by atoms with Crippen LogP contribution >= 0.6 is 0 Å². The Labute approximate surface area is 122 Å². The molecule has 2 aliphatic rings. The van der Waals surface area contributed by atoms with Gasteiger partial charge in [-0.05, 0) is 44.9 Å². The molecule has 2 unspecified atom stereocenters. The highest BCUT2D eigenvalue weighted by Crippen LogP contribution is 2.39. The van der Waals surface area contributed by atoms with Crippen molar-refractivity contribution < 1.29 is 0 Å². The van der Waals surface area contributed by atoms with E-state index in [4.69, 9.17) is 4.98 Å². The van der Waals surface area contributed by atoms with Gasteiger partial charge >= 0.3 is 0 Å². The van der Waals surface area contributed by atoms with E-state index in [0.717, 1.165) is 43.2 Å². The summed E-state index contributed by atoms with van der Waals surface area (Å²) in [7, 11) is 0. The Balaban J connectivity index is 1.84. The molecule has 110 valence electrons. The van der Waals surface area contributed by atoms with Crippen LogP contribution in [0.1, 0.15) is 51.0 Å². The van der Waals surface area contributed by atoms with E-state index in [1.807, 2.05) is 6.20 Å². The van der Waals surface area contributed by atoms with Crippen LogP contribution in [0.25, 0.3) is 0 Å². The SMILES string of the molecule is CCCNc1ncc(C)c(N2CCCC3CCCC32)n1. The monoisotopic (exact) mass is 274 g/mol. The van der Waals surface area contributed by atoms with Gasteiger partial charge < -0.3 is 10.2 Å². The molecule has 4 nitrogen and oxygen atoms in total. The van der Waals surface area contributed by atoms with Crippen LogP contribution in [0.15, 0.2) is 6.20 Å². The second-order valence-electron chi connectivity index (χ2n) is 6.22. The van der Waals surface area contributed by atoms with E-state index in [1.54, 1.807) is 0 Å². The van der Waals surface area contributed by atoms with Gasteiger partial charge in [-0.15, -0.1) is 0 Å². The van der Waals surface area contributed by atoms with Gasteiger partial charge in [-0.1, -0.05) is 13.3 Å². The minimum Gasteiger partial charge on any atom is -0.354 e. The highest BCUT2D eigenvalue weighted by Gasteiger charge is 2.36. The van der Waals surface area contributed by atoms with Crippen molar-refractivity contribution in [1.82, 2.24) is 9.97 Å². The van der Waals surface area contributed by atoms with Crippen LogP contribution in [0, 0.1) is 12.8 Å². The molecule has 0 aromatic carbocycles. The fourth-order valence-corrected chi connectivity index (χ4v) is 3.76. The highest BCUT2D eigenvalue weighted by atomic mass is 15.3. The van der Waals surface area contributed by atoms with Gasteiger partial charge in [-0.3, -0.25) is 0 Å². The Kier molecular flexibility index (Phi) is 4.08. The summed E-state index contributed by atoms with van der Waals surface area (Å²) in [5, 5.41) is 3.31. The fourth-order valence-electron chi connectivity index (χ4n) is 3.76. The standard InChI is InChI=1S/C16H26N4/c1-3-9-17-16-18-11-12(2)15(19-16)20-10-5-7-13-6-4-8-14(13)20/h11,13-14H,3-10H2,1-2H3,(H,17,18,19). The molecule has 1 aliphatic carbocycles. The lowest BCUT2D eigenvalue weighted by atomic mass is 9.92. The fraction of sp³-hybridized carbons (Fsp3) is 0.750. The number of fused-ring (bicyclic) bond motifs is 1. The van der Waals surface area contributed by atoms with Gasteiger partial charge in [-0.25, -0.2) is 4.98 Å². The summed E-state index contributed by atoms with van der Waals surface area (Å²) in [4.78, 5) is 11.8. The molecule has 2 atom stereocenters. The molecule has 4 heteroatoms. The molecule has 1 aliphatic heterocycles. The molecular formula is C16H26N4. The van der Waals surface area contributed by atoms with E-state index < -0.39 is 0 Å². The molecule has 0 radical (unpaired) electrons. The Bertz CT molecular complexity index is 460. The molecule has 0 spiro atoms. The van der Waals surface area contributed by atoms with Gasteiger partial charge in [0.05, 0.1) is 0 Å². The highest BCUT2D eigenvalue weighted by molar-refractivity contribution is 5.50. The first-order chi connectivity index (χ1) is 9.79. The number of aryl methyl sites for hydroxylation is 1. The third-order valence-corrected chi connectivity index (χ3v) is 4.74. The maximum Gasteiger partial charge on any atom is 0.224 e. The van der Waals surface area contributed by atoms with Gasteiger partial charge in [-0.2, -0.15) is 4.98 Å². The van der Waals surface area contributed by atoms with Crippen LogP contribution in [0.4, 0.5) is 11.8 Å². The van der Waals surface area contributed by atoms with Gasteiger partial charge in [0, 0.05) is 30.9 Å². The number of rotatable bonds is 4. The van der Waals surface area contributed by atoms with Gasteiger partial charge in [0.15, 0.2) is 0 Å². The molecule has 2 fully saturated rings. The Morgan fingerprint density at radius 2 is 2.15 bits per heavy atom. The molecule has 1 aromatic rings. The maximum atomic E-state index is 4.80. The van der Waals surface area contributed by atoms with Crippen molar-refractivity contribution in [3.63, 3.8) is 0 Å². The molecule has 0 bridgehead atoms. The molecule has 20 heavy (non-hydrogen) atoms. The first-order valence-electron chi connectivity index (χ1n) is 8.13. The number of piperidine rings is 1. The first kappa shape index (κ1) is 13.7. The average molecular weight is 274 g/mol. The molecule has 1 aromatic heterocycles. The van der Waals surface area contributed by atoms with E-state index in [2.05, 4.69) is 29.0 Å². The average Bonchev–Trinajstić information content (AvgIpc) is 2.95.